The predicted molar refractivity (Wildman–Crippen MR) is 151 cm³/mol. The highest BCUT2D eigenvalue weighted by Crippen LogP contribution is 2.34. The van der Waals surface area contributed by atoms with Gasteiger partial charge in [-0.15, -0.1) is 0 Å². The maximum absolute atomic E-state index is 13.9. The lowest BCUT2D eigenvalue weighted by Gasteiger charge is -2.28. The number of sulfonamides is 1. The highest BCUT2D eigenvalue weighted by atomic mass is 32.2. The average Bonchev–Trinajstić information content (AvgIpc) is 3.43. The van der Waals surface area contributed by atoms with Crippen molar-refractivity contribution in [2.24, 2.45) is 0 Å². The van der Waals surface area contributed by atoms with Crippen molar-refractivity contribution in [2.75, 3.05) is 19.7 Å². The minimum Gasteiger partial charge on any atom is -0.464 e. The first-order valence-corrected chi connectivity index (χ1v) is 15.9. The van der Waals surface area contributed by atoms with Gasteiger partial charge in [-0.1, -0.05) is 31.0 Å². The number of halogens is 2. The highest BCUT2D eigenvalue weighted by Gasteiger charge is 2.41. The molecule has 1 aromatic carbocycles. The topological polar surface area (TPSA) is 88.6 Å². The molecule has 1 aliphatic heterocycles. The maximum Gasteiger partial charge on any atom is 0.324 e. The summed E-state index contributed by atoms with van der Waals surface area (Å²) < 4.78 is 61.3. The molecular formula is C30H41F2N3O4S. The molecule has 220 valence electrons. The Morgan fingerprint density at radius 3 is 2.67 bits per heavy atom. The Bertz CT molecular complexity index is 1260. The number of esters is 1. The van der Waals surface area contributed by atoms with Crippen molar-refractivity contribution in [2.45, 2.75) is 101 Å². The molecule has 0 spiro atoms. The van der Waals surface area contributed by atoms with Crippen LogP contribution in [0.5, 0.6) is 0 Å². The first-order chi connectivity index (χ1) is 19.1. The number of hydrogen-bond acceptors (Lipinski definition) is 6. The third kappa shape index (κ3) is 7.64. The third-order valence-electron chi connectivity index (χ3n) is 7.78. The second-order valence-corrected chi connectivity index (χ2v) is 12.9. The van der Waals surface area contributed by atoms with Crippen LogP contribution in [0.1, 0.15) is 76.0 Å². The van der Waals surface area contributed by atoms with Gasteiger partial charge in [0.05, 0.1) is 17.2 Å². The Kier molecular flexibility index (Phi) is 10.3. The number of nitrogens with one attached hydrogen (secondary N) is 1. The zero-order chi connectivity index (χ0) is 28.8. The number of nitrogens with zero attached hydrogens (tertiary/aromatic N) is 2. The molecular weight excluding hydrogens is 536 g/mol. The zero-order valence-electron chi connectivity index (χ0n) is 23.5. The van der Waals surface area contributed by atoms with Gasteiger partial charge in [-0.25, -0.2) is 17.2 Å². The predicted octanol–water partition coefficient (Wildman–Crippen LogP) is 5.65. The second-order valence-electron chi connectivity index (χ2n) is 11.0. The molecule has 1 N–H and O–H groups in total. The van der Waals surface area contributed by atoms with E-state index in [9.17, 15) is 22.0 Å². The van der Waals surface area contributed by atoms with Crippen molar-refractivity contribution in [3.63, 3.8) is 0 Å². The molecule has 0 amide bonds. The van der Waals surface area contributed by atoms with E-state index in [-0.39, 0.29) is 30.3 Å². The van der Waals surface area contributed by atoms with Crippen LogP contribution in [-0.2, 0) is 26.0 Å². The molecule has 4 rings (SSSR count). The summed E-state index contributed by atoms with van der Waals surface area (Å²) in [6.07, 6.45) is 4.98. The van der Waals surface area contributed by atoms with Gasteiger partial charge in [0.15, 0.2) is 0 Å². The minimum atomic E-state index is -3.98. The van der Waals surface area contributed by atoms with Gasteiger partial charge in [0.1, 0.15) is 6.04 Å². The number of alkyl halides is 2. The number of rotatable bonds is 12. The molecule has 1 aromatic heterocycles. The zero-order valence-corrected chi connectivity index (χ0v) is 24.3. The van der Waals surface area contributed by atoms with E-state index < -0.39 is 28.0 Å². The summed E-state index contributed by atoms with van der Waals surface area (Å²) in [5.41, 5.74) is 2.80. The summed E-state index contributed by atoms with van der Waals surface area (Å²) in [6, 6.07) is 10.1. The second kappa shape index (κ2) is 13.5. The Labute approximate surface area is 236 Å². The third-order valence-corrected chi connectivity index (χ3v) is 9.75. The fraction of sp³-hybridized carbons (Fsp3) is 0.600. The van der Waals surface area contributed by atoms with Crippen molar-refractivity contribution >= 4 is 16.0 Å². The average molecular weight is 578 g/mol. The molecule has 0 unspecified atom stereocenters. The van der Waals surface area contributed by atoms with Crippen molar-refractivity contribution in [1.82, 2.24) is 14.6 Å². The summed E-state index contributed by atoms with van der Waals surface area (Å²) in [5, 5.41) is 3.39. The smallest absolute Gasteiger partial charge is 0.324 e. The van der Waals surface area contributed by atoms with Gasteiger partial charge in [-0.05, 0) is 82.7 Å². The highest BCUT2D eigenvalue weighted by molar-refractivity contribution is 7.89. The van der Waals surface area contributed by atoms with Crippen molar-refractivity contribution in [3.8, 4) is 11.3 Å². The molecule has 1 saturated heterocycles. The number of pyridine rings is 1. The van der Waals surface area contributed by atoms with Crippen LogP contribution >= 0.6 is 0 Å². The number of hydrogen-bond donors (Lipinski definition) is 1. The lowest BCUT2D eigenvalue weighted by atomic mass is 9.92. The molecule has 40 heavy (non-hydrogen) atoms. The molecule has 2 heterocycles. The van der Waals surface area contributed by atoms with Crippen LogP contribution in [0.4, 0.5) is 8.78 Å². The van der Waals surface area contributed by atoms with E-state index in [2.05, 4.69) is 5.32 Å². The molecule has 1 saturated carbocycles. The molecule has 1 atom stereocenters. The quantitative estimate of drug-likeness (QED) is 0.259. The SMILES string of the molecule is CCCCOC(=O)[C@@H]1CCCN1S(=O)(=O)c1ccc(C)cc1-c1cccc(CCCNC2CCC(F)(F)CC2)n1. The maximum atomic E-state index is 13.9. The van der Waals surface area contributed by atoms with Gasteiger partial charge in [0.25, 0.3) is 0 Å². The van der Waals surface area contributed by atoms with Gasteiger partial charge in [0, 0.05) is 36.7 Å². The van der Waals surface area contributed by atoms with Crippen LogP contribution in [0.15, 0.2) is 41.3 Å². The molecule has 10 heteroatoms. The molecule has 7 nitrogen and oxygen atoms in total. The number of ether oxygens (including phenoxy) is 1. The van der Waals surface area contributed by atoms with E-state index in [1.807, 2.05) is 32.0 Å². The van der Waals surface area contributed by atoms with Crippen molar-refractivity contribution < 1.29 is 26.7 Å². The summed E-state index contributed by atoms with van der Waals surface area (Å²) in [4.78, 5) is 17.7. The summed E-state index contributed by atoms with van der Waals surface area (Å²) in [6.45, 7) is 5.17. The Hall–Kier alpha value is -2.43. The van der Waals surface area contributed by atoms with Crippen LogP contribution < -0.4 is 5.32 Å². The monoisotopic (exact) mass is 577 g/mol. The molecule has 1 aliphatic carbocycles. The Morgan fingerprint density at radius 1 is 1.15 bits per heavy atom. The first kappa shape index (κ1) is 30.5. The molecule has 0 radical (unpaired) electrons. The number of carbonyl (C=O) groups excluding carboxylic acids is 1. The van der Waals surface area contributed by atoms with E-state index >= 15 is 0 Å². The van der Waals surface area contributed by atoms with Crippen molar-refractivity contribution in [1.29, 1.82) is 0 Å². The largest absolute Gasteiger partial charge is 0.464 e. The lowest BCUT2D eigenvalue weighted by Crippen LogP contribution is -2.41. The van der Waals surface area contributed by atoms with Crippen LogP contribution in [0.2, 0.25) is 0 Å². The van der Waals surface area contributed by atoms with Gasteiger partial charge in [-0.3, -0.25) is 9.78 Å². The number of carbonyl (C=O) groups is 1. The van der Waals surface area contributed by atoms with Gasteiger partial charge in [-0.2, -0.15) is 4.31 Å². The van der Waals surface area contributed by atoms with E-state index in [0.717, 1.165) is 30.5 Å². The van der Waals surface area contributed by atoms with E-state index in [1.165, 1.54) is 4.31 Å². The standard InChI is InChI=1S/C30H41F2N3O4S/c1-3-4-20-39-29(36)27-11-7-19-35(27)40(37,38)28-13-12-22(2)21-25(28)26-10-5-8-24(34-26)9-6-18-33-23-14-16-30(31,32)17-15-23/h5,8,10,12-13,21,23,27,33H,3-4,6-7,9,11,14-20H2,1-2H3/t27-/m0/s1. The number of unbranched alkanes of at least 4 members (excludes halogenated alkanes) is 1. The van der Waals surface area contributed by atoms with Crippen LogP contribution in [0.3, 0.4) is 0 Å². The lowest BCUT2D eigenvalue weighted by molar-refractivity contribution is -0.147. The molecule has 2 aromatic rings. The van der Waals surface area contributed by atoms with Gasteiger partial charge in [0.2, 0.25) is 15.9 Å². The van der Waals surface area contributed by atoms with E-state index in [4.69, 9.17) is 9.72 Å². The normalized spacial score (nSPS) is 20.1. The van der Waals surface area contributed by atoms with Gasteiger partial charge >= 0.3 is 5.97 Å². The van der Waals surface area contributed by atoms with E-state index in [0.29, 0.717) is 56.5 Å². The first-order valence-electron chi connectivity index (χ1n) is 14.5. The van der Waals surface area contributed by atoms with Crippen LogP contribution in [0, 0.1) is 6.92 Å². The molecule has 0 bridgehead atoms. The fourth-order valence-electron chi connectivity index (χ4n) is 5.46. The summed E-state index contributed by atoms with van der Waals surface area (Å²) in [7, 11) is -3.98. The summed E-state index contributed by atoms with van der Waals surface area (Å²) >= 11 is 0. The van der Waals surface area contributed by atoms with Crippen LogP contribution in [-0.4, -0.2) is 61.4 Å². The molecule has 2 fully saturated rings. The van der Waals surface area contributed by atoms with Crippen molar-refractivity contribution in [3.05, 3.63) is 47.7 Å². The number of aromatic nitrogens is 1. The van der Waals surface area contributed by atoms with Crippen LogP contribution in [0.25, 0.3) is 11.3 Å². The minimum absolute atomic E-state index is 0.0613. The Morgan fingerprint density at radius 2 is 1.93 bits per heavy atom. The van der Waals surface area contributed by atoms with E-state index in [1.54, 1.807) is 18.2 Å². The number of aryl methyl sites for hydroxylation is 2. The fourth-order valence-corrected chi connectivity index (χ4v) is 7.29. The van der Waals surface area contributed by atoms with Gasteiger partial charge < -0.3 is 10.1 Å². The molecule has 2 aliphatic rings. The Balaban J connectivity index is 1.46. The summed E-state index contributed by atoms with van der Waals surface area (Å²) in [5.74, 6) is -3.02. The number of benzene rings is 1.